The van der Waals surface area contributed by atoms with Gasteiger partial charge < -0.3 is 5.73 Å². The molecule has 0 atom stereocenters. The average molecular weight is 283 g/mol. The molecule has 0 spiro atoms. The highest BCUT2D eigenvalue weighted by Crippen LogP contribution is 2.21. The minimum Gasteiger partial charge on any atom is -0.351 e. The summed E-state index contributed by atoms with van der Waals surface area (Å²) >= 11 is 0. The normalized spacial score (nSPS) is 10.3. The Morgan fingerprint density at radius 2 is 1.38 bits per heavy atom. The molecule has 5 heteroatoms. The minimum atomic E-state index is -0.849. The van der Waals surface area contributed by atoms with E-state index in [-0.39, 0.29) is 12.6 Å². The van der Waals surface area contributed by atoms with Gasteiger partial charge in [-0.25, -0.2) is 4.79 Å². The van der Waals surface area contributed by atoms with Crippen molar-refractivity contribution < 1.29 is 9.59 Å². The minimum absolute atomic E-state index is 0.00258. The maximum Gasteiger partial charge on any atom is 0.318 e. The maximum atomic E-state index is 11.5. The van der Waals surface area contributed by atoms with Crippen molar-refractivity contribution in [2.24, 2.45) is 5.73 Å². The van der Waals surface area contributed by atoms with E-state index in [0.29, 0.717) is 0 Å². The van der Waals surface area contributed by atoms with E-state index in [4.69, 9.17) is 5.73 Å². The summed E-state index contributed by atoms with van der Waals surface area (Å²) in [5, 5.41) is 5.18. The van der Waals surface area contributed by atoms with Gasteiger partial charge in [-0.2, -0.15) is 0 Å². The molecule has 0 fully saturated rings. The number of urea groups is 1. The molecule has 0 bridgehead atoms. The van der Waals surface area contributed by atoms with E-state index in [9.17, 15) is 9.59 Å². The summed E-state index contributed by atoms with van der Waals surface area (Å²) in [6.45, 7) is -0.00258. The molecule has 0 heterocycles. The van der Waals surface area contributed by atoms with Gasteiger partial charge in [0.25, 0.3) is 0 Å². The molecule has 108 valence electrons. The van der Waals surface area contributed by atoms with Crippen LogP contribution in [-0.4, -0.2) is 18.5 Å². The first-order valence-corrected chi connectivity index (χ1v) is 6.59. The molecule has 0 unspecified atom stereocenters. The summed E-state index contributed by atoms with van der Waals surface area (Å²) in [5.41, 5.74) is 7.00. The molecule has 0 aliphatic rings. The van der Waals surface area contributed by atoms with E-state index in [1.807, 2.05) is 66.0 Å². The number of nitrogens with two attached hydrogens (primary N) is 1. The molecule has 2 aromatic rings. The summed E-state index contributed by atoms with van der Waals surface area (Å²) in [6.07, 6.45) is 0. The van der Waals surface area contributed by atoms with Crippen molar-refractivity contribution in [1.82, 2.24) is 10.6 Å². The third-order valence-corrected chi connectivity index (χ3v) is 3.00. The summed E-state index contributed by atoms with van der Waals surface area (Å²) < 4.78 is 0. The van der Waals surface area contributed by atoms with Crippen molar-refractivity contribution in [2.45, 2.75) is 6.04 Å². The molecular weight excluding hydrogens is 266 g/mol. The molecule has 0 aliphatic carbocycles. The van der Waals surface area contributed by atoms with E-state index in [0.717, 1.165) is 11.1 Å². The summed E-state index contributed by atoms with van der Waals surface area (Å²) in [7, 11) is 0. The SMILES string of the molecule is NC(=O)NC(=O)CNC(c1ccccc1)c1ccccc1. The van der Waals surface area contributed by atoms with E-state index >= 15 is 0 Å². The quantitative estimate of drug-likeness (QED) is 0.778. The standard InChI is InChI=1S/C16H17N3O2/c17-16(21)19-14(20)11-18-15(12-7-3-1-4-8-12)13-9-5-2-6-10-13/h1-10,15,18H,11H2,(H3,17,19,20,21). The lowest BCUT2D eigenvalue weighted by Gasteiger charge is -2.19. The molecule has 5 nitrogen and oxygen atoms in total. The van der Waals surface area contributed by atoms with Gasteiger partial charge in [-0.1, -0.05) is 60.7 Å². The Morgan fingerprint density at radius 1 is 0.905 bits per heavy atom. The smallest absolute Gasteiger partial charge is 0.318 e. The topological polar surface area (TPSA) is 84.2 Å². The summed E-state index contributed by atoms with van der Waals surface area (Å²) in [5.74, 6) is -0.459. The fraction of sp³-hybridized carbons (Fsp3) is 0.125. The molecule has 0 saturated carbocycles. The van der Waals surface area contributed by atoms with E-state index in [1.54, 1.807) is 0 Å². The fourth-order valence-corrected chi connectivity index (χ4v) is 2.10. The van der Waals surface area contributed by atoms with Crippen LogP contribution in [0.5, 0.6) is 0 Å². The van der Waals surface area contributed by atoms with Gasteiger partial charge in [-0.3, -0.25) is 15.4 Å². The van der Waals surface area contributed by atoms with Crippen molar-refractivity contribution in [1.29, 1.82) is 0 Å². The lowest BCUT2D eigenvalue weighted by Crippen LogP contribution is -2.41. The molecule has 2 rings (SSSR count). The number of rotatable bonds is 5. The molecule has 0 aliphatic heterocycles. The van der Waals surface area contributed by atoms with E-state index in [2.05, 4.69) is 5.32 Å². The van der Waals surface area contributed by atoms with Crippen LogP contribution in [0.2, 0.25) is 0 Å². The Morgan fingerprint density at radius 3 is 1.81 bits per heavy atom. The number of primary amides is 1. The second-order valence-electron chi connectivity index (χ2n) is 4.55. The fourth-order valence-electron chi connectivity index (χ4n) is 2.10. The largest absolute Gasteiger partial charge is 0.351 e. The zero-order valence-corrected chi connectivity index (χ0v) is 11.5. The molecule has 0 radical (unpaired) electrons. The maximum absolute atomic E-state index is 11.5. The predicted molar refractivity (Wildman–Crippen MR) is 80.5 cm³/mol. The van der Waals surface area contributed by atoms with Crippen LogP contribution in [0.3, 0.4) is 0 Å². The summed E-state index contributed by atoms with van der Waals surface area (Å²) in [6, 6.07) is 18.6. The number of nitrogens with one attached hydrogen (secondary N) is 2. The number of benzene rings is 2. The summed E-state index contributed by atoms with van der Waals surface area (Å²) in [4.78, 5) is 22.2. The third-order valence-electron chi connectivity index (χ3n) is 3.00. The van der Waals surface area contributed by atoms with Crippen LogP contribution in [0.4, 0.5) is 4.79 Å². The highest BCUT2D eigenvalue weighted by Gasteiger charge is 2.14. The second-order valence-corrected chi connectivity index (χ2v) is 4.55. The van der Waals surface area contributed by atoms with Crippen molar-refractivity contribution >= 4 is 11.9 Å². The third kappa shape index (κ3) is 4.43. The van der Waals surface area contributed by atoms with Crippen LogP contribution in [0.15, 0.2) is 60.7 Å². The van der Waals surface area contributed by atoms with Gasteiger partial charge in [0.05, 0.1) is 12.6 Å². The highest BCUT2D eigenvalue weighted by atomic mass is 16.2. The number of carbonyl (C=O) groups is 2. The van der Waals surface area contributed by atoms with Crippen LogP contribution in [0.25, 0.3) is 0 Å². The molecule has 4 N–H and O–H groups in total. The molecule has 2 aromatic carbocycles. The first kappa shape index (κ1) is 14.7. The number of imide groups is 1. The number of carbonyl (C=O) groups excluding carboxylic acids is 2. The lowest BCUT2D eigenvalue weighted by atomic mass is 9.99. The van der Waals surface area contributed by atoms with E-state index in [1.165, 1.54) is 0 Å². The van der Waals surface area contributed by atoms with E-state index < -0.39 is 11.9 Å². The first-order chi connectivity index (χ1) is 10.2. The number of hydrogen-bond acceptors (Lipinski definition) is 3. The van der Waals surface area contributed by atoms with Crippen LogP contribution in [0.1, 0.15) is 17.2 Å². The molecule has 0 saturated heterocycles. The van der Waals surface area contributed by atoms with Crippen molar-refractivity contribution in [3.05, 3.63) is 71.8 Å². The van der Waals surface area contributed by atoms with Gasteiger partial charge >= 0.3 is 6.03 Å². The van der Waals surface area contributed by atoms with Crippen molar-refractivity contribution in [2.75, 3.05) is 6.54 Å². The Kier molecular flexibility index (Phi) is 5.06. The van der Waals surface area contributed by atoms with Crippen LogP contribution in [0, 0.1) is 0 Å². The highest BCUT2D eigenvalue weighted by molar-refractivity contribution is 5.94. The van der Waals surface area contributed by atoms with Gasteiger partial charge in [0, 0.05) is 0 Å². The average Bonchev–Trinajstić information content (AvgIpc) is 2.49. The van der Waals surface area contributed by atoms with Gasteiger partial charge in [0.1, 0.15) is 0 Å². The Labute approximate surface area is 123 Å². The Balaban J connectivity index is 2.14. The molecule has 3 amide bonds. The second kappa shape index (κ2) is 7.21. The predicted octanol–water partition coefficient (Wildman–Crippen LogP) is 1.56. The van der Waals surface area contributed by atoms with Gasteiger partial charge in [-0.15, -0.1) is 0 Å². The zero-order chi connectivity index (χ0) is 15.1. The number of amides is 3. The monoisotopic (exact) mass is 283 g/mol. The van der Waals surface area contributed by atoms with Crippen LogP contribution < -0.4 is 16.4 Å². The number of hydrogen-bond donors (Lipinski definition) is 3. The van der Waals surface area contributed by atoms with Crippen LogP contribution >= 0.6 is 0 Å². The molecule has 0 aromatic heterocycles. The zero-order valence-electron chi connectivity index (χ0n) is 11.5. The van der Waals surface area contributed by atoms with Crippen LogP contribution in [-0.2, 0) is 4.79 Å². The van der Waals surface area contributed by atoms with Gasteiger partial charge in [-0.05, 0) is 11.1 Å². The van der Waals surface area contributed by atoms with Crippen molar-refractivity contribution in [3.8, 4) is 0 Å². The van der Waals surface area contributed by atoms with Crippen molar-refractivity contribution in [3.63, 3.8) is 0 Å². The van der Waals surface area contributed by atoms with Gasteiger partial charge in [0.2, 0.25) is 5.91 Å². The lowest BCUT2D eigenvalue weighted by molar-refractivity contribution is -0.119. The Hall–Kier alpha value is -2.66. The first-order valence-electron chi connectivity index (χ1n) is 6.59. The van der Waals surface area contributed by atoms with Gasteiger partial charge in [0.15, 0.2) is 0 Å². The molecule has 21 heavy (non-hydrogen) atoms. The molecular formula is C16H17N3O2. The Bertz CT molecular complexity index is 560.